The number of nitrogens with one attached hydrogen (secondary N) is 1. The van der Waals surface area contributed by atoms with Gasteiger partial charge in [-0.25, -0.2) is 13.8 Å². The van der Waals surface area contributed by atoms with Crippen molar-refractivity contribution >= 4 is 11.6 Å². The number of carbonyl (C=O) groups excluding carboxylic acids is 1. The van der Waals surface area contributed by atoms with E-state index >= 15 is 0 Å². The standard InChI is InChI=1S/C19H17F2N3O/c20-12-4-5-14(17(21)9-12)15-10-16(15)19(25)22-7-6-13-11-24-8-2-1-3-18(24)23-13/h1-5,8-9,11,15-16H,6-7,10H2,(H,22,25)/t15-,16+/m0/s1. The minimum Gasteiger partial charge on any atom is -0.355 e. The van der Waals surface area contributed by atoms with Crippen LogP contribution in [-0.2, 0) is 11.2 Å². The number of imidazole rings is 1. The highest BCUT2D eigenvalue weighted by Crippen LogP contribution is 2.48. The Hall–Kier alpha value is -2.76. The minimum absolute atomic E-state index is 0.0857. The van der Waals surface area contributed by atoms with E-state index in [9.17, 15) is 13.6 Å². The predicted octanol–water partition coefficient (Wildman–Crippen LogP) is 3.07. The summed E-state index contributed by atoms with van der Waals surface area (Å²) in [5, 5.41) is 2.88. The molecular formula is C19H17F2N3O. The summed E-state index contributed by atoms with van der Waals surface area (Å²) in [5.74, 6) is -1.66. The largest absolute Gasteiger partial charge is 0.355 e. The molecule has 2 aromatic heterocycles. The third-order valence-corrected chi connectivity index (χ3v) is 4.58. The average Bonchev–Trinajstić information content (AvgIpc) is 3.26. The number of fused-ring (bicyclic) bond motifs is 1. The summed E-state index contributed by atoms with van der Waals surface area (Å²) in [6, 6.07) is 9.31. The molecule has 1 aliphatic rings. The van der Waals surface area contributed by atoms with Crippen LogP contribution in [0.25, 0.3) is 5.65 Å². The molecule has 4 rings (SSSR count). The molecule has 0 spiro atoms. The van der Waals surface area contributed by atoms with Gasteiger partial charge in [-0.15, -0.1) is 0 Å². The topological polar surface area (TPSA) is 46.4 Å². The highest BCUT2D eigenvalue weighted by Gasteiger charge is 2.45. The van der Waals surface area contributed by atoms with E-state index in [0.29, 0.717) is 24.9 Å². The first kappa shape index (κ1) is 15.7. The smallest absolute Gasteiger partial charge is 0.223 e. The quantitative estimate of drug-likeness (QED) is 0.775. The molecule has 4 nitrogen and oxygen atoms in total. The SMILES string of the molecule is O=C(NCCc1cn2ccccc2n1)[C@@H]1C[C@H]1c1ccc(F)cc1F. The summed E-state index contributed by atoms with van der Waals surface area (Å²) >= 11 is 0. The molecule has 0 saturated heterocycles. The van der Waals surface area contributed by atoms with Crippen LogP contribution < -0.4 is 5.32 Å². The van der Waals surface area contributed by atoms with Gasteiger partial charge in [-0.3, -0.25) is 4.79 Å². The molecule has 0 aliphatic heterocycles. The van der Waals surface area contributed by atoms with Crippen LogP contribution in [0.1, 0.15) is 23.6 Å². The Bertz CT molecular complexity index is 904. The molecule has 1 N–H and O–H groups in total. The van der Waals surface area contributed by atoms with Gasteiger partial charge in [0.25, 0.3) is 0 Å². The van der Waals surface area contributed by atoms with Crippen molar-refractivity contribution in [1.82, 2.24) is 14.7 Å². The number of amides is 1. The van der Waals surface area contributed by atoms with Gasteiger partial charge in [-0.1, -0.05) is 12.1 Å². The van der Waals surface area contributed by atoms with Crippen molar-refractivity contribution in [3.8, 4) is 0 Å². The highest BCUT2D eigenvalue weighted by atomic mass is 19.1. The third-order valence-electron chi connectivity index (χ3n) is 4.58. The highest BCUT2D eigenvalue weighted by molar-refractivity contribution is 5.82. The molecule has 25 heavy (non-hydrogen) atoms. The summed E-state index contributed by atoms with van der Waals surface area (Å²) in [5.41, 5.74) is 2.20. The molecule has 6 heteroatoms. The lowest BCUT2D eigenvalue weighted by Crippen LogP contribution is -2.27. The van der Waals surface area contributed by atoms with Crippen molar-refractivity contribution in [2.75, 3.05) is 6.54 Å². The van der Waals surface area contributed by atoms with Gasteiger partial charge in [0.15, 0.2) is 0 Å². The lowest BCUT2D eigenvalue weighted by atomic mass is 10.1. The van der Waals surface area contributed by atoms with E-state index in [4.69, 9.17) is 0 Å². The normalized spacial score (nSPS) is 19.1. The number of carbonyl (C=O) groups is 1. The number of benzene rings is 1. The number of hydrogen-bond acceptors (Lipinski definition) is 2. The molecule has 2 heterocycles. The zero-order chi connectivity index (χ0) is 17.4. The number of halogens is 2. The van der Waals surface area contributed by atoms with Gasteiger partial charge in [0.1, 0.15) is 17.3 Å². The molecule has 128 valence electrons. The van der Waals surface area contributed by atoms with Crippen molar-refractivity contribution in [3.63, 3.8) is 0 Å². The van der Waals surface area contributed by atoms with Crippen LogP contribution in [0.3, 0.4) is 0 Å². The molecule has 1 aliphatic carbocycles. The van der Waals surface area contributed by atoms with E-state index in [1.54, 1.807) is 0 Å². The average molecular weight is 341 g/mol. The van der Waals surface area contributed by atoms with Crippen LogP contribution in [-0.4, -0.2) is 21.8 Å². The van der Waals surface area contributed by atoms with Crippen LogP contribution in [0.4, 0.5) is 8.78 Å². The maximum absolute atomic E-state index is 13.8. The number of nitrogens with zero attached hydrogens (tertiary/aromatic N) is 2. The maximum Gasteiger partial charge on any atom is 0.223 e. The van der Waals surface area contributed by atoms with Gasteiger partial charge in [0, 0.05) is 37.3 Å². The van der Waals surface area contributed by atoms with Crippen LogP contribution in [0.5, 0.6) is 0 Å². The van der Waals surface area contributed by atoms with Gasteiger partial charge in [-0.05, 0) is 36.1 Å². The first-order valence-electron chi connectivity index (χ1n) is 8.27. The monoisotopic (exact) mass is 341 g/mol. The number of pyridine rings is 1. The predicted molar refractivity (Wildman–Crippen MR) is 89.1 cm³/mol. The maximum atomic E-state index is 13.8. The fourth-order valence-corrected chi connectivity index (χ4v) is 3.18. The summed E-state index contributed by atoms with van der Waals surface area (Å²) in [6.45, 7) is 0.484. The fourth-order valence-electron chi connectivity index (χ4n) is 3.18. The molecule has 3 aromatic rings. The van der Waals surface area contributed by atoms with Crippen molar-refractivity contribution in [1.29, 1.82) is 0 Å². The van der Waals surface area contributed by atoms with Crippen LogP contribution in [0, 0.1) is 17.6 Å². The summed E-state index contributed by atoms with van der Waals surface area (Å²) < 4.78 is 28.7. The lowest BCUT2D eigenvalue weighted by Gasteiger charge is -2.05. The van der Waals surface area contributed by atoms with Crippen LogP contribution in [0.2, 0.25) is 0 Å². The molecule has 1 aromatic carbocycles. The molecule has 1 amide bonds. The van der Waals surface area contributed by atoms with Gasteiger partial charge >= 0.3 is 0 Å². The Kier molecular flexibility index (Phi) is 3.95. The Morgan fingerprint density at radius 2 is 2.16 bits per heavy atom. The number of aromatic nitrogens is 2. The molecule has 1 saturated carbocycles. The van der Waals surface area contributed by atoms with Crippen molar-refractivity contribution < 1.29 is 13.6 Å². The van der Waals surface area contributed by atoms with E-state index in [1.807, 2.05) is 35.0 Å². The van der Waals surface area contributed by atoms with Crippen molar-refractivity contribution in [3.05, 3.63) is 71.7 Å². The van der Waals surface area contributed by atoms with E-state index in [0.717, 1.165) is 17.4 Å². The second kappa shape index (κ2) is 6.27. The summed E-state index contributed by atoms with van der Waals surface area (Å²) in [6.07, 6.45) is 5.10. The van der Waals surface area contributed by atoms with Gasteiger partial charge in [-0.2, -0.15) is 0 Å². The zero-order valence-corrected chi connectivity index (χ0v) is 13.5. The van der Waals surface area contributed by atoms with Gasteiger partial charge in [0.05, 0.1) is 5.69 Å². The Morgan fingerprint density at radius 1 is 1.28 bits per heavy atom. The molecular weight excluding hydrogens is 324 g/mol. The third kappa shape index (κ3) is 3.24. The van der Waals surface area contributed by atoms with Crippen LogP contribution >= 0.6 is 0 Å². The van der Waals surface area contributed by atoms with Crippen LogP contribution in [0.15, 0.2) is 48.8 Å². The molecule has 1 fully saturated rings. The Balaban J connectivity index is 1.31. The zero-order valence-electron chi connectivity index (χ0n) is 13.5. The first-order valence-corrected chi connectivity index (χ1v) is 8.27. The Labute approximate surface area is 143 Å². The summed E-state index contributed by atoms with van der Waals surface area (Å²) in [4.78, 5) is 16.7. The fraction of sp³-hybridized carbons (Fsp3) is 0.263. The summed E-state index contributed by atoms with van der Waals surface area (Å²) in [7, 11) is 0. The van der Waals surface area contributed by atoms with E-state index in [-0.39, 0.29) is 17.7 Å². The minimum atomic E-state index is -0.602. The Morgan fingerprint density at radius 3 is 2.96 bits per heavy atom. The van der Waals surface area contributed by atoms with E-state index in [1.165, 1.54) is 12.1 Å². The lowest BCUT2D eigenvalue weighted by molar-refractivity contribution is -0.122. The second-order valence-electron chi connectivity index (χ2n) is 6.35. The first-order chi connectivity index (χ1) is 12.1. The molecule has 2 atom stereocenters. The molecule has 0 bridgehead atoms. The van der Waals surface area contributed by atoms with Crippen molar-refractivity contribution in [2.45, 2.75) is 18.8 Å². The van der Waals surface area contributed by atoms with E-state index in [2.05, 4.69) is 10.3 Å². The molecule has 0 radical (unpaired) electrons. The van der Waals surface area contributed by atoms with Crippen molar-refractivity contribution in [2.24, 2.45) is 5.92 Å². The molecule has 0 unspecified atom stereocenters. The second-order valence-corrected chi connectivity index (χ2v) is 6.35. The number of rotatable bonds is 5. The van der Waals surface area contributed by atoms with Gasteiger partial charge < -0.3 is 9.72 Å². The van der Waals surface area contributed by atoms with E-state index < -0.39 is 11.6 Å². The van der Waals surface area contributed by atoms with Gasteiger partial charge in [0.2, 0.25) is 5.91 Å². The number of hydrogen-bond donors (Lipinski definition) is 1.